The molecule has 0 fully saturated rings. The maximum atomic E-state index is 12.3. The number of fused-ring (bicyclic) bond motifs is 1. The molecule has 1 atom stereocenters. The molecule has 154 valence electrons. The fourth-order valence-corrected chi connectivity index (χ4v) is 2.78. The molecule has 0 aliphatic rings. The highest BCUT2D eigenvalue weighted by Gasteiger charge is 2.21. The van der Waals surface area contributed by atoms with Gasteiger partial charge in [0.25, 0.3) is 17.5 Å². The van der Waals surface area contributed by atoms with Crippen molar-refractivity contribution >= 4 is 34.4 Å². The Bertz CT molecular complexity index is 1150. The van der Waals surface area contributed by atoms with Crippen LogP contribution in [0.5, 0.6) is 0 Å². The minimum Gasteiger partial charge on any atom is -0.451 e. The van der Waals surface area contributed by atoms with Gasteiger partial charge in [0.05, 0.1) is 4.92 Å². The second-order valence-electron chi connectivity index (χ2n) is 6.50. The second-order valence-corrected chi connectivity index (χ2v) is 6.50. The van der Waals surface area contributed by atoms with Gasteiger partial charge in [-0.2, -0.15) is 0 Å². The summed E-state index contributed by atoms with van der Waals surface area (Å²) in [7, 11) is 0. The van der Waals surface area contributed by atoms with Crippen molar-refractivity contribution in [1.82, 2.24) is 16.2 Å². The summed E-state index contributed by atoms with van der Waals surface area (Å²) in [4.78, 5) is 46.9. The lowest BCUT2D eigenvalue weighted by Crippen LogP contribution is -2.51. The predicted molar refractivity (Wildman–Crippen MR) is 107 cm³/mol. The Morgan fingerprint density at radius 2 is 1.77 bits per heavy atom. The number of benzene rings is 2. The zero-order chi connectivity index (χ0) is 21.8. The number of amides is 3. The molecule has 30 heavy (non-hydrogen) atoms. The number of nitro benzene ring substituents is 1. The minimum absolute atomic E-state index is 0.0331. The Kier molecular flexibility index (Phi) is 5.77. The number of para-hydroxylation sites is 1. The highest BCUT2D eigenvalue weighted by atomic mass is 16.6. The summed E-state index contributed by atoms with van der Waals surface area (Å²) in [6, 6.07) is 11.2. The van der Waals surface area contributed by atoms with Gasteiger partial charge in [-0.3, -0.25) is 35.3 Å². The Morgan fingerprint density at radius 1 is 1.03 bits per heavy atom. The first-order valence-corrected chi connectivity index (χ1v) is 8.91. The van der Waals surface area contributed by atoms with Gasteiger partial charge in [0.2, 0.25) is 0 Å². The lowest BCUT2D eigenvalue weighted by atomic mass is 10.1. The normalized spacial score (nSPS) is 11.5. The van der Waals surface area contributed by atoms with E-state index in [0.717, 1.165) is 11.5 Å². The summed E-state index contributed by atoms with van der Waals surface area (Å²) in [6.45, 7) is 3.13. The van der Waals surface area contributed by atoms with Crippen LogP contribution in [-0.4, -0.2) is 28.7 Å². The highest BCUT2D eigenvalue weighted by molar-refractivity contribution is 6.01. The highest BCUT2D eigenvalue weighted by Crippen LogP contribution is 2.24. The zero-order valence-electron chi connectivity index (χ0n) is 16.1. The summed E-state index contributed by atoms with van der Waals surface area (Å²) >= 11 is 0. The van der Waals surface area contributed by atoms with E-state index in [1.165, 1.54) is 25.1 Å². The number of carbonyl (C=O) groups is 3. The monoisotopic (exact) mass is 410 g/mol. The van der Waals surface area contributed by atoms with Crippen molar-refractivity contribution in [1.29, 1.82) is 0 Å². The van der Waals surface area contributed by atoms with Crippen LogP contribution in [0.15, 0.2) is 52.9 Å². The van der Waals surface area contributed by atoms with Crippen LogP contribution in [0.25, 0.3) is 11.0 Å². The predicted octanol–water partition coefficient (Wildman–Crippen LogP) is 2.23. The fraction of sp³-hybridized carbons (Fsp3) is 0.150. The van der Waals surface area contributed by atoms with Gasteiger partial charge in [0.1, 0.15) is 11.6 Å². The van der Waals surface area contributed by atoms with Crippen molar-refractivity contribution in [3.05, 3.63) is 75.5 Å². The number of nitrogens with one attached hydrogen (secondary N) is 3. The molecule has 0 bridgehead atoms. The van der Waals surface area contributed by atoms with E-state index >= 15 is 0 Å². The van der Waals surface area contributed by atoms with Gasteiger partial charge in [0.15, 0.2) is 5.76 Å². The first-order chi connectivity index (χ1) is 14.3. The van der Waals surface area contributed by atoms with Gasteiger partial charge < -0.3 is 9.73 Å². The molecule has 3 aromatic rings. The Balaban J connectivity index is 1.59. The molecular formula is C20H18N4O6. The third-order valence-corrected chi connectivity index (χ3v) is 4.41. The molecule has 0 aliphatic carbocycles. The van der Waals surface area contributed by atoms with E-state index in [4.69, 9.17) is 4.42 Å². The van der Waals surface area contributed by atoms with Crippen molar-refractivity contribution in [2.75, 3.05) is 0 Å². The van der Waals surface area contributed by atoms with Crippen LogP contribution < -0.4 is 16.2 Å². The van der Waals surface area contributed by atoms with E-state index in [0.29, 0.717) is 11.1 Å². The molecule has 1 unspecified atom stereocenters. The summed E-state index contributed by atoms with van der Waals surface area (Å²) in [5.74, 6) is -1.93. The molecular weight excluding hydrogens is 392 g/mol. The number of hydrogen-bond donors (Lipinski definition) is 3. The number of nitrogens with zero attached hydrogens (tertiary/aromatic N) is 1. The van der Waals surface area contributed by atoms with E-state index in [2.05, 4.69) is 16.2 Å². The summed E-state index contributed by atoms with van der Waals surface area (Å²) in [6.07, 6.45) is 0. The van der Waals surface area contributed by atoms with Gasteiger partial charge in [-0.15, -0.1) is 0 Å². The number of aryl methyl sites for hydroxylation is 1. The van der Waals surface area contributed by atoms with Gasteiger partial charge in [-0.25, -0.2) is 0 Å². The molecule has 10 heteroatoms. The van der Waals surface area contributed by atoms with E-state index in [9.17, 15) is 24.5 Å². The quantitative estimate of drug-likeness (QED) is 0.435. The number of furan rings is 1. The summed E-state index contributed by atoms with van der Waals surface area (Å²) in [5.41, 5.74) is 5.43. The van der Waals surface area contributed by atoms with Crippen LogP contribution in [0.4, 0.5) is 5.69 Å². The molecule has 3 amide bonds. The molecule has 10 nitrogen and oxygen atoms in total. The Morgan fingerprint density at radius 3 is 2.47 bits per heavy atom. The number of nitro groups is 1. The van der Waals surface area contributed by atoms with Crippen LogP contribution in [0.3, 0.4) is 0 Å². The Labute approximate surface area is 170 Å². The van der Waals surface area contributed by atoms with Crippen LogP contribution in [0.1, 0.15) is 33.4 Å². The Hall–Kier alpha value is -4.21. The third kappa shape index (κ3) is 4.27. The first-order valence-electron chi connectivity index (χ1n) is 8.91. The van der Waals surface area contributed by atoms with Gasteiger partial charge >= 0.3 is 5.91 Å². The van der Waals surface area contributed by atoms with Crippen molar-refractivity contribution in [3.63, 3.8) is 0 Å². The zero-order valence-corrected chi connectivity index (χ0v) is 16.1. The average Bonchev–Trinajstić information content (AvgIpc) is 3.08. The summed E-state index contributed by atoms with van der Waals surface area (Å²) in [5, 5.41) is 14.0. The molecule has 0 spiro atoms. The van der Waals surface area contributed by atoms with Gasteiger partial charge in [-0.1, -0.05) is 24.3 Å². The van der Waals surface area contributed by atoms with Crippen molar-refractivity contribution in [2.24, 2.45) is 0 Å². The van der Waals surface area contributed by atoms with E-state index in [1.807, 2.05) is 12.1 Å². The van der Waals surface area contributed by atoms with Gasteiger partial charge in [-0.05, 0) is 26.0 Å². The van der Waals surface area contributed by atoms with Crippen LogP contribution in [-0.2, 0) is 4.79 Å². The summed E-state index contributed by atoms with van der Waals surface area (Å²) < 4.78 is 5.52. The second kappa shape index (κ2) is 8.43. The molecule has 0 radical (unpaired) electrons. The van der Waals surface area contributed by atoms with Crippen molar-refractivity contribution in [2.45, 2.75) is 19.9 Å². The number of rotatable bonds is 5. The molecule has 1 aromatic heterocycles. The first kappa shape index (κ1) is 20.5. The molecule has 0 aliphatic heterocycles. The number of carbonyl (C=O) groups excluding carboxylic acids is 3. The van der Waals surface area contributed by atoms with E-state index < -0.39 is 28.7 Å². The SMILES string of the molecule is Cc1c(C(=O)NNC(=O)C(C)NC(=O)c2cccc([N+](=O)[O-])c2)oc2ccccc12. The standard InChI is InChI=1S/C20H18N4O6/c1-11-15-8-3-4-9-16(15)30-17(11)20(27)23-22-18(25)12(2)21-19(26)13-6-5-7-14(10-13)24(28)29/h3-10,12H,1-2H3,(H,21,26)(H,22,25)(H,23,27). The minimum atomic E-state index is -1.02. The molecule has 1 heterocycles. The largest absolute Gasteiger partial charge is 0.451 e. The van der Waals surface area contributed by atoms with Crippen LogP contribution in [0, 0.1) is 17.0 Å². The van der Waals surface area contributed by atoms with Crippen LogP contribution >= 0.6 is 0 Å². The number of hydrogen-bond acceptors (Lipinski definition) is 6. The molecule has 3 rings (SSSR count). The number of hydrazine groups is 1. The number of non-ortho nitro benzene ring substituents is 1. The maximum absolute atomic E-state index is 12.3. The third-order valence-electron chi connectivity index (χ3n) is 4.41. The average molecular weight is 410 g/mol. The van der Waals surface area contributed by atoms with E-state index in [-0.39, 0.29) is 17.0 Å². The topological polar surface area (TPSA) is 144 Å². The van der Waals surface area contributed by atoms with Gasteiger partial charge in [0, 0.05) is 28.6 Å². The lowest BCUT2D eigenvalue weighted by molar-refractivity contribution is -0.384. The molecule has 0 saturated heterocycles. The molecule has 0 saturated carbocycles. The smallest absolute Gasteiger partial charge is 0.305 e. The van der Waals surface area contributed by atoms with Crippen molar-refractivity contribution in [3.8, 4) is 0 Å². The molecule has 2 aromatic carbocycles. The van der Waals surface area contributed by atoms with Crippen LogP contribution in [0.2, 0.25) is 0 Å². The lowest BCUT2D eigenvalue weighted by Gasteiger charge is -2.14. The molecule has 3 N–H and O–H groups in total. The fourth-order valence-electron chi connectivity index (χ4n) is 2.78. The van der Waals surface area contributed by atoms with Crippen molar-refractivity contribution < 1.29 is 23.7 Å². The van der Waals surface area contributed by atoms with E-state index in [1.54, 1.807) is 19.1 Å². The maximum Gasteiger partial charge on any atom is 0.305 e.